The van der Waals surface area contributed by atoms with Crippen LogP contribution in [0, 0.1) is 0 Å². The van der Waals surface area contributed by atoms with E-state index in [-0.39, 0.29) is 18.0 Å². The van der Waals surface area contributed by atoms with Gasteiger partial charge in [0.25, 0.3) is 0 Å². The molecule has 1 aromatic rings. The molecule has 0 aromatic heterocycles. The van der Waals surface area contributed by atoms with Gasteiger partial charge in [-0.1, -0.05) is 30.3 Å². The van der Waals surface area contributed by atoms with Gasteiger partial charge in [-0.3, -0.25) is 4.79 Å². The van der Waals surface area contributed by atoms with E-state index in [0.29, 0.717) is 6.42 Å². The molecular weight excluding hydrogens is 200 g/mol. The second kappa shape index (κ2) is 5.12. The van der Waals surface area contributed by atoms with E-state index in [9.17, 15) is 4.79 Å². The van der Waals surface area contributed by atoms with Gasteiger partial charge in [0.15, 0.2) is 0 Å². The molecule has 2 rings (SSSR count). The summed E-state index contributed by atoms with van der Waals surface area (Å²) in [5.41, 5.74) is 1.19. The highest BCUT2D eigenvalue weighted by atomic mass is 16.1. The van der Waals surface area contributed by atoms with Gasteiger partial charge in [-0.15, -0.1) is 0 Å². The third-order valence-corrected chi connectivity index (χ3v) is 2.97. The number of hydrogen-bond donors (Lipinski definition) is 2. The number of benzene rings is 1. The molecule has 2 atom stereocenters. The summed E-state index contributed by atoms with van der Waals surface area (Å²) in [4.78, 5) is 11.7. The van der Waals surface area contributed by atoms with Gasteiger partial charge in [-0.2, -0.15) is 0 Å². The molecule has 1 saturated heterocycles. The molecule has 0 saturated carbocycles. The minimum absolute atomic E-state index is 0.133. The highest BCUT2D eigenvalue weighted by Gasteiger charge is 2.19. The Balaban J connectivity index is 2.07. The van der Waals surface area contributed by atoms with Crippen molar-refractivity contribution < 1.29 is 4.79 Å². The summed E-state index contributed by atoms with van der Waals surface area (Å²) in [6.45, 7) is 2.99. The molecule has 0 aliphatic carbocycles. The first-order valence-electron chi connectivity index (χ1n) is 5.83. The molecular formula is C13H18N2O. The minimum atomic E-state index is 0.133. The molecule has 0 spiro atoms. The van der Waals surface area contributed by atoms with Crippen LogP contribution in [0.4, 0.5) is 0 Å². The topological polar surface area (TPSA) is 41.1 Å². The van der Waals surface area contributed by atoms with Gasteiger partial charge in [-0.05, 0) is 25.5 Å². The van der Waals surface area contributed by atoms with Crippen molar-refractivity contribution in [1.82, 2.24) is 10.6 Å². The normalized spacial score (nSPS) is 26.7. The average molecular weight is 218 g/mol. The third kappa shape index (κ3) is 2.83. The Hall–Kier alpha value is -1.35. The molecule has 0 bridgehead atoms. The fraction of sp³-hybridized carbons (Fsp3) is 0.462. The van der Waals surface area contributed by atoms with Gasteiger partial charge in [0.05, 0.1) is 0 Å². The molecule has 86 valence electrons. The summed E-state index contributed by atoms with van der Waals surface area (Å²) >= 11 is 0. The maximum atomic E-state index is 11.7. The summed E-state index contributed by atoms with van der Waals surface area (Å²) in [5, 5.41) is 6.44. The minimum Gasteiger partial charge on any atom is -0.354 e. The Morgan fingerprint density at radius 3 is 2.75 bits per heavy atom. The fourth-order valence-electron chi connectivity index (χ4n) is 2.06. The number of carbonyl (C=O) groups is 1. The highest BCUT2D eigenvalue weighted by Crippen LogP contribution is 2.17. The lowest BCUT2D eigenvalue weighted by atomic mass is 10.0. The molecule has 2 N–H and O–H groups in total. The lowest BCUT2D eigenvalue weighted by Gasteiger charge is -2.25. The van der Waals surface area contributed by atoms with Crippen molar-refractivity contribution >= 4 is 5.91 Å². The van der Waals surface area contributed by atoms with Crippen molar-refractivity contribution in [2.75, 3.05) is 6.54 Å². The average Bonchev–Trinajstić information content (AvgIpc) is 2.26. The first-order chi connectivity index (χ1) is 7.75. The van der Waals surface area contributed by atoms with Crippen LogP contribution in [-0.4, -0.2) is 18.5 Å². The van der Waals surface area contributed by atoms with Gasteiger partial charge >= 0.3 is 0 Å². The van der Waals surface area contributed by atoms with Crippen LogP contribution in [0.2, 0.25) is 0 Å². The zero-order valence-electron chi connectivity index (χ0n) is 9.57. The molecule has 16 heavy (non-hydrogen) atoms. The van der Waals surface area contributed by atoms with E-state index in [1.54, 1.807) is 0 Å². The van der Waals surface area contributed by atoms with Crippen molar-refractivity contribution in [1.29, 1.82) is 0 Å². The van der Waals surface area contributed by atoms with Gasteiger partial charge in [0, 0.05) is 18.5 Å². The molecule has 1 amide bonds. The van der Waals surface area contributed by atoms with Gasteiger partial charge in [-0.25, -0.2) is 0 Å². The summed E-state index contributed by atoms with van der Waals surface area (Å²) in [6, 6.07) is 10.6. The Morgan fingerprint density at radius 1 is 1.25 bits per heavy atom. The molecule has 3 heteroatoms. The second-order valence-electron chi connectivity index (χ2n) is 4.38. The van der Waals surface area contributed by atoms with Crippen molar-refractivity contribution in [3.8, 4) is 0 Å². The number of hydrogen-bond acceptors (Lipinski definition) is 2. The van der Waals surface area contributed by atoms with Crippen molar-refractivity contribution in [3.05, 3.63) is 35.9 Å². The smallest absolute Gasteiger partial charge is 0.222 e. The lowest BCUT2D eigenvalue weighted by Crippen LogP contribution is -2.41. The Morgan fingerprint density at radius 2 is 2.00 bits per heavy atom. The molecule has 1 aliphatic heterocycles. The zero-order valence-corrected chi connectivity index (χ0v) is 9.57. The molecule has 1 fully saturated rings. The van der Waals surface area contributed by atoms with E-state index in [0.717, 1.165) is 13.0 Å². The van der Waals surface area contributed by atoms with Gasteiger partial charge in [0.2, 0.25) is 5.91 Å². The summed E-state index contributed by atoms with van der Waals surface area (Å²) in [5.74, 6) is 0.133. The number of carbonyl (C=O) groups excluding carboxylic acids is 1. The van der Waals surface area contributed by atoms with Crippen LogP contribution >= 0.6 is 0 Å². The Bertz CT molecular complexity index is 350. The fourth-order valence-corrected chi connectivity index (χ4v) is 2.06. The standard InChI is InChI=1S/C13H18N2O/c1-10-7-8-14-12(9-13(16)15-10)11-5-3-2-4-6-11/h2-6,10,12,14H,7-9H2,1H3,(H,15,16)/t10-,12-/m0/s1. The summed E-state index contributed by atoms with van der Waals surface area (Å²) in [6.07, 6.45) is 1.50. The predicted octanol–water partition coefficient (Wildman–Crippen LogP) is 1.62. The van der Waals surface area contributed by atoms with Crippen LogP contribution < -0.4 is 10.6 Å². The molecule has 1 aromatic carbocycles. The van der Waals surface area contributed by atoms with E-state index in [2.05, 4.69) is 22.8 Å². The molecule has 1 heterocycles. The van der Waals surface area contributed by atoms with Crippen molar-refractivity contribution in [3.63, 3.8) is 0 Å². The van der Waals surface area contributed by atoms with Crippen molar-refractivity contribution in [2.24, 2.45) is 0 Å². The van der Waals surface area contributed by atoms with Crippen LogP contribution in [0.3, 0.4) is 0 Å². The molecule has 0 radical (unpaired) electrons. The zero-order chi connectivity index (χ0) is 11.4. The maximum Gasteiger partial charge on any atom is 0.222 e. The van der Waals surface area contributed by atoms with E-state index < -0.39 is 0 Å². The van der Waals surface area contributed by atoms with Crippen LogP contribution in [0.5, 0.6) is 0 Å². The Labute approximate surface area is 96.2 Å². The van der Waals surface area contributed by atoms with E-state index in [4.69, 9.17) is 0 Å². The lowest BCUT2D eigenvalue weighted by molar-refractivity contribution is -0.122. The second-order valence-corrected chi connectivity index (χ2v) is 4.38. The monoisotopic (exact) mass is 218 g/mol. The summed E-state index contributed by atoms with van der Waals surface area (Å²) < 4.78 is 0. The van der Waals surface area contributed by atoms with E-state index in [1.807, 2.05) is 25.1 Å². The molecule has 1 aliphatic rings. The van der Waals surface area contributed by atoms with E-state index in [1.165, 1.54) is 5.56 Å². The number of amides is 1. The quantitative estimate of drug-likeness (QED) is 0.752. The predicted molar refractivity (Wildman–Crippen MR) is 64.0 cm³/mol. The van der Waals surface area contributed by atoms with E-state index >= 15 is 0 Å². The SMILES string of the molecule is C[C@H]1CCN[C@H](c2ccccc2)CC(=O)N1. The first kappa shape index (κ1) is 11.1. The van der Waals surface area contributed by atoms with Gasteiger partial charge in [0.1, 0.15) is 0 Å². The van der Waals surface area contributed by atoms with Crippen LogP contribution in [-0.2, 0) is 4.79 Å². The highest BCUT2D eigenvalue weighted by molar-refractivity contribution is 5.77. The van der Waals surface area contributed by atoms with Crippen LogP contribution in [0.15, 0.2) is 30.3 Å². The van der Waals surface area contributed by atoms with Gasteiger partial charge < -0.3 is 10.6 Å². The van der Waals surface area contributed by atoms with Crippen LogP contribution in [0.25, 0.3) is 0 Å². The largest absolute Gasteiger partial charge is 0.354 e. The number of nitrogens with one attached hydrogen (secondary N) is 2. The molecule has 0 unspecified atom stereocenters. The third-order valence-electron chi connectivity index (χ3n) is 2.97. The van der Waals surface area contributed by atoms with Crippen molar-refractivity contribution in [2.45, 2.75) is 31.8 Å². The maximum absolute atomic E-state index is 11.7. The summed E-state index contributed by atoms with van der Waals surface area (Å²) in [7, 11) is 0. The first-order valence-corrected chi connectivity index (χ1v) is 5.83. The number of rotatable bonds is 1. The van der Waals surface area contributed by atoms with Crippen LogP contribution in [0.1, 0.15) is 31.4 Å². The Kier molecular flexibility index (Phi) is 3.57. The molecule has 3 nitrogen and oxygen atoms in total.